The number of carbonyl (C=O) groups excluding carboxylic acids is 2. The quantitative estimate of drug-likeness (QED) is 0.280. The van der Waals surface area contributed by atoms with Gasteiger partial charge in [-0.3, -0.25) is 13.9 Å². The van der Waals surface area contributed by atoms with Crippen molar-refractivity contribution in [3.05, 3.63) is 90.0 Å². The number of sulfonamides is 1. The van der Waals surface area contributed by atoms with Crippen LogP contribution >= 0.6 is 0 Å². The van der Waals surface area contributed by atoms with E-state index in [0.29, 0.717) is 24.6 Å². The van der Waals surface area contributed by atoms with Gasteiger partial charge in [-0.1, -0.05) is 55.8 Å². The van der Waals surface area contributed by atoms with Crippen LogP contribution in [-0.4, -0.2) is 50.9 Å². The van der Waals surface area contributed by atoms with Crippen LogP contribution in [0.25, 0.3) is 0 Å². The average Bonchev–Trinajstić information content (AvgIpc) is 2.96. The fourth-order valence-corrected chi connectivity index (χ4v) is 5.65. The first kappa shape index (κ1) is 30.7. The van der Waals surface area contributed by atoms with Crippen LogP contribution < -0.4 is 14.4 Å². The number of carbonyl (C=O) groups is 2. The van der Waals surface area contributed by atoms with E-state index in [1.165, 1.54) is 17.0 Å². The first-order valence-corrected chi connectivity index (χ1v) is 15.0. The normalized spacial score (nSPS) is 11.9. The fraction of sp³-hybridized carbons (Fsp3) is 0.355. The molecule has 1 N–H and O–H groups in total. The molecule has 40 heavy (non-hydrogen) atoms. The van der Waals surface area contributed by atoms with Gasteiger partial charge in [-0.05, 0) is 74.7 Å². The van der Waals surface area contributed by atoms with Crippen LogP contribution in [0, 0.1) is 6.92 Å². The van der Waals surface area contributed by atoms with E-state index in [0.717, 1.165) is 28.3 Å². The molecule has 0 bridgehead atoms. The molecule has 8 nitrogen and oxygen atoms in total. The number of rotatable bonds is 14. The molecule has 0 aliphatic heterocycles. The summed E-state index contributed by atoms with van der Waals surface area (Å²) in [4.78, 5) is 28.6. The molecule has 0 unspecified atom stereocenters. The Labute approximate surface area is 238 Å². The fourth-order valence-electron chi connectivity index (χ4n) is 4.21. The zero-order valence-corrected chi connectivity index (χ0v) is 24.5. The van der Waals surface area contributed by atoms with E-state index in [1.54, 1.807) is 49.4 Å². The van der Waals surface area contributed by atoms with Gasteiger partial charge in [0.25, 0.3) is 10.0 Å². The van der Waals surface area contributed by atoms with Gasteiger partial charge in [-0.15, -0.1) is 0 Å². The number of ether oxygens (including phenoxy) is 1. The Balaban J connectivity index is 2.00. The molecule has 3 rings (SSSR count). The number of nitrogens with one attached hydrogen (secondary N) is 1. The molecule has 0 heterocycles. The van der Waals surface area contributed by atoms with Crippen LogP contribution in [-0.2, 0) is 26.2 Å². The molecular formula is C31H39N3O5S. The molecule has 1 atom stereocenters. The topological polar surface area (TPSA) is 96.0 Å². The molecule has 0 saturated heterocycles. The summed E-state index contributed by atoms with van der Waals surface area (Å²) < 4.78 is 34.3. The number of nitrogens with zero attached hydrogens (tertiary/aromatic N) is 2. The monoisotopic (exact) mass is 565 g/mol. The summed E-state index contributed by atoms with van der Waals surface area (Å²) in [7, 11) is -4.11. The number of anilines is 1. The van der Waals surface area contributed by atoms with Gasteiger partial charge < -0.3 is 15.0 Å². The summed E-state index contributed by atoms with van der Waals surface area (Å²) in [5.41, 5.74) is 2.17. The van der Waals surface area contributed by atoms with Gasteiger partial charge >= 0.3 is 0 Å². The van der Waals surface area contributed by atoms with Crippen molar-refractivity contribution in [2.75, 3.05) is 24.0 Å². The molecule has 0 aromatic heterocycles. The molecule has 0 fully saturated rings. The number of aryl methyl sites for hydroxylation is 1. The molecule has 3 aromatic rings. The minimum Gasteiger partial charge on any atom is -0.494 e. The molecule has 214 valence electrons. The van der Waals surface area contributed by atoms with E-state index in [4.69, 9.17) is 4.74 Å². The number of unbranched alkanes of at least 4 members (excludes halogenated alkanes) is 1. The van der Waals surface area contributed by atoms with E-state index < -0.39 is 28.5 Å². The van der Waals surface area contributed by atoms with Gasteiger partial charge in [0, 0.05) is 13.1 Å². The maximum absolute atomic E-state index is 14.0. The lowest BCUT2D eigenvalue weighted by atomic mass is 10.1. The van der Waals surface area contributed by atoms with Gasteiger partial charge in [-0.2, -0.15) is 0 Å². The third-order valence-corrected chi connectivity index (χ3v) is 8.43. The molecule has 0 aliphatic carbocycles. The second-order valence-electron chi connectivity index (χ2n) is 9.52. The third-order valence-electron chi connectivity index (χ3n) is 6.64. The summed E-state index contributed by atoms with van der Waals surface area (Å²) in [5.74, 6) is -0.183. The minimum atomic E-state index is -4.11. The van der Waals surface area contributed by atoms with E-state index in [-0.39, 0.29) is 17.3 Å². The highest BCUT2D eigenvalue weighted by Gasteiger charge is 2.32. The molecule has 0 aliphatic rings. The highest BCUT2D eigenvalue weighted by Crippen LogP contribution is 2.26. The number of hydrogen-bond acceptors (Lipinski definition) is 5. The second-order valence-corrected chi connectivity index (χ2v) is 11.4. The molecular weight excluding hydrogens is 526 g/mol. The van der Waals surface area contributed by atoms with Gasteiger partial charge in [0.2, 0.25) is 11.8 Å². The predicted molar refractivity (Wildman–Crippen MR) is 158 cm³/mol. The summed E-state index contributed by atoms with van der Waals surface area (Å²) in [6.45, 7) is 8.16. The maximum Gasteiger partial charge on any atom is 0.264 e. The van der Waals surface area contributed by atoms with Gasteiger partial charge in [0.15, 0.2) is 0 Å². The highest BCUT2D eigenvalue weighted by molar-refractivity contribution is 7.92. The van der Waals surface area contributed by atoms with Crippen LogP contribution in [0.4, 0.5) is 5.69 Å². The van der Waals surface area contributed by atoms with Crippen LogP contribution in [0.15, 0.2) is 83.8 Å². The van der Waals surface area contributed by atoms with Crippen LogP contribution in [0.1, 0.15) is 44.7 Å². The van der Waals surface area contributed by atoms with E-state index in [2.05, 4.69) is 5.32 Å². The second kappa shape index (κ2) is 14.5. The Bertz CT molecular complexity index is 1360. The van der Waals surface area contributed by atoms with Gasteiger partial charge in [0.05, 0.1) is 17.2 Å². The summed E-state index contributed by atoms with van der Waals surface area (Å²) >= 11 is 0. The first-order chi connectivity index (χ1) is 19.2. The summed E-state index contributed by atoms with van der Waals surface area (Å²) in [6, 6.07) is 21.4. The van der Waals surface area contributed by atoms with Crippen molar-refractivity contribution in [2.45, 2.75) is 58.0 Å². The number of amides is 2. The zero-order valence-electron chi connectivity index (χ0n) is 23.7. The smallest absolute Gasteiger partial charge is 0.264 e. The standard InChI is InChI=1S/C31H39N3O5S/c1-5-7-21-32-31(36)25(4)33(22-26-14-12-11-13-24(26)3)30(35)23-34(27-17-19-28(20-18-27)39-6-2)40(37,38)29-15-9-8-10-16-29/h8-20,25H,5-7,21-23H2,1-4H3,(H,32,36)/t25-/m0/s1. The molecule has 3 aromatic carbocycles. The van der Waals surface area contributed by atoms with Crippen LogP contribution in [0.2, 0.25) is 0 Å². The van der Waals surface area contributed by atoms with Crippen molar-refractivity contribution in [2.24, 2.45) is 0 Å². The van der Waals surface area contributed by atoms with E-state index >= 15 is 0 Å². The SMILES string of the molecule is CCCCNC(=O)[C@H](C)N(Cc1ccccc1C)C(=O)CN(c1ccc(OCC)cc1)S(=O)(=O)c1ccccc1. The maximum atomic E-state index is 14.0. The van der Waals surface area contributed by atoms with Crippen molar-refractivity contribution >= 4 is 27.5 Å². The zero-order chi connectivity index (χ0) is 29.1. The first-order valence-electron chi connectivity index (χ1n) is 13.6. The third kappa shape index (κ3) is 7.85. The Kier molecular flexibility index (Phi) is 11.1. The van der Waals surface area contributed by atoms with Crippen LogP contribution in [0.5, 0.6) is 5.75 Å². The minimum absolute atomic E-state index is 0.0625. The molecule has 0 saturated carbocycles. The molecule has 0 spiro atoms. The van der Waals surface area contributed by atoms with E-state index in [1.807, 2.05) is 45.0 Å². The Morgan fingerprint density at radius 1 is 0.925 bits per heavy atom. The molecule has 9 heteroatoms. The summed E-state index contributed by atoms with van der Waals surface area (Å²) in [6.07, 6.45) is 1.75. The Morgan fingerprint density at radius 3 is 2.20 bits per heavy atom. The Morgan fingerprint density at radius 2 is 1.57 bits per heavy atom. The predicted octanol–water partition coefficient (Wildman–Crippen LogP) is 4.92. The number of hydrogen-bond donors (Lipinski definition) is 1. The lowest BCUT2D eigenvalue weighted by Crippen LogP contribution is -2.51. The lowest BCUT2D eigenvalue weighted by Gasteiger charge is -2.32. The van der Waals surface area contributed by atoms with Crippen LogP contribution in [0.3, 0.4) is 0 Å². The van der Waals surface area contributed by atoms with Crippen molar-refractivity contribution in [1.82, 2.24) is 10.2 Å². The van der Waals surface area contributed by atoms with Crippen molar-refractivity contribution in [3.63, 3.8) is 0 Å². The average molecular weight is 566 g/mol. The summed E-state index contributed by atoms with van der Waals surface area (Å²) in [5, 5.41) is 2.90. The highest BCUT2D eigenvalue weighted by atomic mass is 32.2. The van der Waals surface area contributed by atoms with Crippen molar-refractivity contribution in [1.29, 1.82) is 0 Å². The molecule has 0 radical (unpaired) electrons. The van der Waals surface area contributed by atoms with Crippen molar-refractivity contribution in [3.8, 4) is 5.75 Å². The largest absolute Gasteiger partial charge is 0.494 e. The van der Waals surface area contributed by atoms with Gasteiger partial charge in [0.1, 0.15) is 18.3 Å². The van der Waals surface area contributed by atoms with Crippen molar-refractivity contribution < 1.29 is 22.7 Å². The molecule has 2 amide bonds. The Hall–Kier alpha value is -3.85. The van der Waals surface area contributed by atoms with E-state index in [9.17, 15) is 18.0 Å². The van der Waals surface area contributed by atoms with Gasteiger partial charge in [-0.25, -0.2) is 8.42 Å². The number of benzene rings is 3. The lowest BCUT2D eigenvalue weighted by molar-refractivity contribution is -0.139.